The second-order valence-electron chi connectivity index (χ2n) is 6.73. The van der Waals surface area contributed by atoms with Crippen LogP contribution in [0, 0.1) is 0 Å². The summed E-state index contributed by atoms with van der Waals surface area (Å²) in [4.78, 5) is 22.2. The standard InChI is InChI=1S/C21H23N3O/c25-21-15-19(17-9-3-1-4-10-17)22-18-11-5-6-12-20(18)24(21)16-23-13-7-2-8-14-23/h1,3-6,9-12H,2,7-8,13-16H2. The van der Waals surface area contributed by atoms with Gasteiger partial charge in [0, 0.05) is 0 Å². The number of piperidine rings is 1. The van der Waals surface area contributed by atoms with Crippen LogP contribution in [0.4, 0.5) is 11.4 Å². The van der Waals surface area contributed by atoms with Crippen molar-refractivity contribution in [1.82, 2.24) is 4.90 Å². The number of carbonyl (C=O) groups excluding carboxylic acids is 1. The van der Waals surface area contributed by atoms with Crippen molar-refractivity contribution in [2.75, 3.05) is 24.7 Å². The van der Waals surface area contributed by atoms with Crippen LogP contribution in [0.2, 0.25) is 0 Å². The van der Waals surface area contributed by atoms with E-state index in [-0.39, 0.29) is 5.91 Å². The number of aliphatic imine (C=N–C) groups is 1. The van der Waals surface area contributed by atoms with Gasteiger partial charge in [0.2, 0.25) is 5.91 Å². The molecule has 0 radical (unpaired) electrons. The van der Waals surface area contributed by atoms with Crippen molar-refractivity contribution in [1.29, 1.82) is 0 Å². The number of nitrogens with zero attached hydrogens (tertiary/aromatic N) is 3. The summed E-state index contributed by atoms with van der Waals surface area (Å²) in [5.74, 6) is 0.123. The topological polar surface area (TPSA) is 35.9 Å². The molecule has 4 nitrogen and oxygen atoms in total. The van der Waals surface area contributed by atoms with Gasteiger partial charge in [-0.1, -0.05) is 48.9 Å². The number of hydrogen-bond donors (Lipinski definition) is 0. The van der Waals surface area contributed by atoms with Gasteiger partial charge in [-0.2, -0.15) is 0 Å². The molecule has 0 N–H and O–H groups in total. The van der Waals surface area contributed by atoms with Crippen molar-refractivity contribution in [3.05, 3.63) is 60.2 Å². The highest BCUT2D eigenvalue weighted by Crippen LogP contribution is 2.33. The van der Waals surface area contributed by atoms with Crippen molar-refractivity contribution in [2.24, 2.45) is 4.99 Å². The number of fused-ring (bicyclic) bond motifs is 1. The fraction of sp³-hybridized carbons (Fsp3) is 0.333. The van der Waals surface area contributed by atoms with Gasteiger partial charge in [-0.15, -0.1) is 0 Å². The number of likely N-dealkylation sites (tertiary alicyclic amines) is 1. The molecule has 4 heteroatoms. The highest BCUT2D eigenvalue weighted by atomic mass is 16.2. The summed E-state index contributed by atoms with van der Waals surface area (Å²) in [6.45, 7) is 2.80. The SMILES string of the molecule is O=C1CC(c2ccccc2)=Nc2ccccc2N1CN1CCCCC1. The Bertz CT molecular complexity index is 779. The van der Waals surface area contributed by atoms with Crippen LogP contribution >= 0.6 is 0 Å². The zero-order valence-corrected chi connectivity index (χ0v) is 14.4. The smallest absolute Gasteiger partial charge is 0.234 e. The van der Waals surface area contributed by atoms with Gasteiger partial charge in [0.25, 0.3) is 0 Å². The molecule has 0 saturated carbocycles. The van der Waals surface area contributed by atoms with Crippen LogP contribution in [0.1, 0.15) is 31.2 Å². The zero-order valence-electron chi connectivity index (χ0n) is 14.4. The highest BCUT2D eigenvalue weighted by Gasteiger charge is 2.26. The molecule has 2 aliphatic heterocycles. The van der Waals surface area contributed by atoms with E-state index >= 15 is 0 Å². The summed E-state index contributed by atoms with van der Waals surface area (Å²) in [6.07, 6.45) is 4.07. The molecule has 25 heavy (non-hydrogen) atoms. The minimum absolute atomic E-state index is 0.123. The first kappa shape index (κ1) is 16.0. The largest absolute Gasteiger partial charge is 0.296 e. The minimum atomic E-state index is 0.123. The number of amides is 1. The minimum Gasteiger partial charge on any atom is -0.296 e. The summed E-state index contributed by atoms with van der Waals surface area (Å²) < 4.78 is 0. The molecule has 1 amide bonds. The Kier molecular flexibility index (Phi) is 4.61. The highest BCUT2D eigenvalue weighted by molar-refractivity contribution is 6.17. The average molecular weight is 333 g/mol. The third kappa shape index (κ3) is 3.49. The summed E-state index contributed by atoms with van der Waals surface area (Å²) in [7, 11) is 0. The van der Waals surface area contributed by atoms with Crippen LogP contribution in [-0.2, 0) is 4.79 Å². The fourth-order valence-corrected chi connectivity index (χ4v) is 3.60. The molecule has 0 bridgehead atoms. The summed E-state index contributed by atoms with van der Waals surface area (Å²) in [5.41, 5.74) is 3.66. The first-order chi connectivity index (χ1) is 12.3. The molecule has 0 spiro atoms. The molecule has 0 unspecified atom stereocenters. The number of anilines is 1. The maximum atomic E-state index is 13.1. The van der Waals surface area contributed by atoms with E-state index in [1.54, 1.807) is 0 Å². The second-order valence-corrected chi connectivity index (χ2v) is 6.73. The Labute approximate surface area is 148 Å². The van der Waals surface area contributed by atoms with E-state index in [4.69, 9.17) is 4.99 Å². The molecule has 2 aromatic rings. The Balaban J connectivity index is 1.67. The lowest BCUT2D eigenvalue weighted by atomic mass is 10.1. The van der Waals surface area contributed by atoms with Crippen LogP contribution < -0.4 is 4.90 Å². The number of carbonyl (C=O) groups is 1. The van der Waals surface area contributed by atoms with Gasteiger partial charge >= 0.3 is 0 Å². The Morgan fingerprint density at radius 2 is 1.60 bits per heavy atom. The van der Waals surface area contributed by atoms with Crippen molar-refractivity contribution in [3.63, 3.8) is 0 Å². The first-order valence-corrected chi connectivity index (χ1v) is 9.06. The predicted octanol–water partition coefficient (Wildman–Crippen LogP) is 3.99. The fourth-order valence-electron chi connectivity index (χ4n) is 3.60. The van der Waals surface area contributed by atoms with Crippen molar-refractivity contribution < 1.29 is 4.79 Å². The van der Waals surface area contributed by atoms with Crippen molar-refractivity contribution in [3.8, 4) is 0 Å². The second kappa shape index (κ2) is 7.19. The maximum absolute atomic E-state index is 13.1. The molecule has 0 aromatic heterocycles. The predicted molar refractivity (Wildman–Crippen MR) is 101 cm³/mol. The number of rotatable bonds is 3. The maximum Gasteiger partial charge on any atom is 0.234 e. The van der Waals surface area contributed by atoms with Gasteiger partial charge in [-0.25, -0.2) is 0 Å². The Hall–Kier alpha value is -2.46. The molecular formula is C21H23N3O. The Morgan fingerprint density at radius 1 is 0.880 bits per heavy atom. The van der Waals surface area contributed by atoms with Crippen LogP contribution in [-0.4, -0.2) is 36.3 Å². The molecule has 2 heterocycles. The molecule has 2 aliphatic rings. The van der Waals surface area contributed by atoms with Crippen LogP contribution in [0.3, 0.4) is 0 Å². The average Bonchev–Trinajstić information content (AvgIpc) is 2.80. The molecule has 1 saturated heterocycles. The van der Waals surface area contributed by atoms with Gasteiger partial charge in [-0.3, -0.25) is 19.6 Å². The van der Waals surface area contributed by atoms with Crippen molar-refractivity contribution >= 4 is 23.0 Å². The van der Waals surface area contributed by atoms with E-state index in [2.05, 4.69) is 4.90 Å². The quantitative estimate of drug-likeness (QED) is 0.851. The van der Waals surface area contributed by atoms with E-state index in [0.29, 0.717) is 13.1 Å². The van der Waals surface area contributed by atoms with Crippen LogP contribution in [0.25, 0.3) is 0 Å². The van der Waals surface area contributed by atoms with E-state index in [1.807, 2.05) is 59.5 Å². The molecular weight excluding hydrogens is 310 g/mol. The Morgan fingerprint density at radius 3 is 2.40 bits per heavy atom. The van der Waals surface area contributed by atoms with Crippen LogP contribution in [0.5, 0.6) is 0 Å². The molecule has 1 fully saturated rings. The number of hydrogen-bond acceptors (Lipinski definition) is 3. The molecule has 128 valence electrons. The van der Waals surface area contributed by atoms with Gasteiger partial charge in [-0.05, 0) is 43.6 Å². The zero-order chi connectivity index (χ0) is 17.1. The summed E-state index contributed by atoms with van der Waals surface area (Å²) >= 11 is 0. The third-order valence-electron chi connectivity index (χ3n) is 4.94. The molecule has 4 rings (SSSR count). The van der Waals surface area contributed by atoms with Gasteiger partial charge in [0.1, 0.15) is 0 Å². The molecule has 0 atom stereocenters. The number of para-hydroxylation sites is 2. The lowest BCUT2D eigenvalue weighted by Gasteiger charge is -2.32. The van der Waals surface area contributed by atoms with Gasteiger partial charge in [0.05, 0.1) is 30.2 Å². The normalized spacial score (nSPS) is 18.5. The molecule has 2 aromatic carbocycles. The summed E-state index contributed by atoms with van der Waals surface area (Å²) in [5, 5.41) is 0. The van der Waals surface area contributed by atoms with Crippen LogP contribution in [0.15, 0.2) is 59.6 Å². The molecule has 0 aliphatic carbocycles. The van der Waals surface area contributed by atoms with E-state index in [1.165, 1.54) is 19.3 Å². The lowest BCUT2D eigenvalue weighted by molar-refractivity contribution is -0.117. The van der Waals surface area contributed by atoms with Crippen molar-refractivity contribution in [2.45, 2.75) is 25.7 Å². The lowest BCUT2D eigenvalue weighted by Crippen LogP contribution is -2.44. The van der Waals surface area contributed by atoms with E-state index in [0.717, 1.165) is 35.7 Å². The summed E-state index contributed by atoms with van der Waals surface area (Å²) in [6, 6.07) is 18.0. The van der Waals surface area contributed by atoms with Gasteiger partial charge in [0.15, 0.2) is 0 Å². The van der Waals surface area contributed by atoms with Gasteiger partial charge < -0.3 is 0 Å². The third-order valence-corrected chi connectivity index (χ3v) is 4.94. The van der Waals surface area contributed by atoms with E-state index in [9.17, 15) is 4.79 Å². The first-order valence-electron chi connectivity index (χ1n) is 9.06. The number of benzene rings is 2. The monoisotopic (exact) mass is 333 g/mol. The van der Waals surface area contributed by atoms with E-state index < -0.39 is 0 Å².